The first kappa shape index (κ1) is 17.8. The number of anilines is 1. The normalized spacial score (nSPS) is 11.2. The van der Waals surface area contributed by atoms with E-state index < -0.39 is 5.97 Å². The van der Waals surface area contributed by atoms with Gasteiger partial charge in [-0.25, -0.2) is 4.79 Å². The fraction of sp³-hybridized carbons (Fsp3) is 0.389. The first-order valence-corrected chi connectivity index (χ1v) is 7.34. The van der Waals surface area contributed by atoms with Crippen LogP contribution in [0.4, 0.5) is 5.69 Å². The molecule has 0 aliphatic rings. The average molecular weight is 303 g/mol. The summed E-state index contributed by atoms with van der Waals surface area (Å²) in [6.07, 6.45) is 6.67. The van der Waals surface area contributed by atoms with E-state index in [2.05, 4.69) is 26.8 Å². The molecule has 0 fully saturated rings. The van der Waals surface area contributed by atoms with Gasteiger partial charge in [-0.1, -0.05) is 23.3 Å². The van der Waals surface area contributed by atoms with Crippen molar-refractivity contribution in [3.8, 4) is 5.75 Å². The number of nitrogens with two attached hydrogens (primary N) is 1. The lowest BCUT2D eigenvalue weighted by molar-refractivity contribution is 0.0602. The number of ether oxygens (including phenoxy) is 1. The van der Waals surface area contributed by atoms with Gasteiger partial charge in [0.25, 0.3) is 0 Å². The molecule has 0 saturated heterocycles. The number of phenols is 1. The van der Waals surface area contributed by atoms with Crippen LogP contribution in [0.2, 0.25) is 0 Å². The molecule has 3 N–H and O–H groups in total. The third kappa shape index (κ3) is 4.95. The van der Waals surface area contributed by atoms with Crippen molar-refractivity contribution in [3.63, 3.8) is 0 Å². The molecule has 0 radical (unpaired) electrons. The molecular weight excluding hydrogens is 278 g/mol. The van der Waals surface area contributed by atoms with Crippen LogP contribution in [-0.4, -0.2) is 18.2 Å². The van der Waals surface area contributed by atoms with Crippen LogP contribution in [0.3, 0.4) is 0 Å². The van der Waals surface area contributed by atoms with Gasteiger partial charge in [-0.3, -0.25) is 0 Å². The molecule has 0 spiro atoms. The number of aromatic hydroxyl groups is 1. The van der Waals surface area contributed by atoms with Crippen LogP contribution in [0.25, 0.3) is 0 Å². The van der Waals surface area contributed by atoms with Crippen molar-refractivity contribution in [2.24, 2.45) is 0 Å². The van der Waals surface area contributed by atoms with Crippen molar-refractivity contribution in [3.05, 3.63) is 46.6 Å². The molecule has 0 aliphatic carbocycles. The van der Waals surface area contributed by atoms with Crippen molar-refractivity contribution in [2.45, 2.75) is 40.0 Å². The van der Waals surface area contributed by atoms with Gasteiger partial charge < -0.3 is 15.6 Å². The summed E-state index contributed by atoms with van der Waals surface area (Å²) in [6.45, 7) is 6.21. The van der Waals surface area contributed by atoms with Crippen LogP contribution >= 0.6 is 0 Å². The number of carbonyl (C=O) groups is 1. The van der Waals surface area contributed by atoms with Gasteiger partial charge in [0, 0.05) is 5.56 Å². The maximum Gasteiger partial charge on any atom is 0.339 e. The molecule has 1 aromatic rings. The van der Waals surface area contributed by atoms with E-state index in [1.807, 2.05) is 6.08 Å². The first-order chi connectivity index (χ1) is 10.4. The zero-order valence-corrected chi connectivity index (χ0v) is 13.8. The number of methoxy groups -OCH3 is 1. The number of carbonyl (C=O) groups excluding carboxylic acids is 1. The van der Waals surface area contributed by atoms with Crippen LogP contribution in [0, 0.1) is 0 Å². The molecule has 0 amide bonds. The van der Waals surface area contributed by atoms with Gasteiger partial charge >= 0.3 is 5.97 Å². The van der Waals surface area contributed by atoms with Crippen molar-refractivity contribution < 1.29 is 14.6 Å². The highest BCUT2D eigenvalue weighted by Gasteiger charge is 2.15. The smallest absolute Gasteiger partial charge is 0.339 e. The van der Waals surface area contributed by atoms with Crippen LogP contribution in [-0.2, 0) is 11.2 Å². The van der Waals surface area contributed by atoms with Gasteiger partial charge in [-0.05, 0) is 52.2 Å². The second-order valence-corrected chi connectivity index (χ2v) is 5.59. The monoisotopic (exact) mass is 303 g/mol. The topological polar surface area (TPSA) is 72.5 Å². The molecule has 0 unspecified atom stereocenters. The predicted molar refractivity (Wildman–Crippen MR) is 90.0 cm³/mol. The quantitative estimate of drug-likeness (QED) is 0.473. The zero-order chi connectivity index (χ0) is 16.7. The van der Waals surface area contributed by atoms with Gasteiger partial charge in [0.1, 0.15) is 5.75 Å². The SMILES string of the molecule is COC(=O)c1ccc(O)c(C/C=C(\C)CCC=C(C)C)c1N. The second-order valence-electron chi connectivity index (χ2n) is 5.59. The summed E-state index contributed by atoms with van der Waals surface area (Å²) < 4.78 is 4.69. The summed E-state index contributed by atoms with van der Waals surface area (Å²) in [7, 11) is 1.31. The number of esters is 1. The third-order valence-electron chi connectivity index (χ3n) is 3.48. The number of hydrogen-bond acceptors (Lipinski definition) is 4. The van der Waals surface area contributed by atoms with E-state index in [4.69, 9.17) is 10.5 Å². The summed E-state index contributed by atoms with van der Waals surface area (Å²) in [6, 6.07) is 2.95. The zero-order valence-electron chi connectivity index (χ0n) is 13.8. The number of allylic oxidation sites excluding steroid dienone is 4. The van der Waals surface area contributed by atoms with E-state index in [0.717, 1.165) is 12.8 Å². The number of hydrogen-bond donors (Lipinski definition) is 2. The Balaban J connectivity index is 2.89. The largest absolute Gasteiger partial charge is 0.508 e. The minimum atomic E-state index is -0.497. The number of phenolic OH excluding ortho intramolecular Hbond substituents is 1. The summed E-state index contributed by atoms with van der Waals surface area (Å²) >= 11 is 0. The fourth-order valence-electron chi connectivity index (χ4n) is 2.12. The van der Waals surface area contributed by atoms with Crippen molar-refractivity contribution in [1.29, 1.82) is 0 Å². The third-order valence-corrected chi connectivity index (χ3v) is 3.48. The van der Waals surface area contributed by atoms with Crippen LogP contribution in [0.15, 0.2) is 35.4 Å². The van der Waals surface area contributed by atoms with Crippen LogP contribution in [0.5, 0.6) is 5.75 Å². The van der Waals surface area contributed by atoms with E-state index in [0.29, 0.717) is 12.0 Å². The maximum atomic E-state index is 11.6. The minimum absolute atomic E-state index is 0.0958. The Morgan fingerprint density at radius 1 is 1.27 bits per heavy atom. The van der Waals surface area contributed by atoms with Gasteiger partial charge in [-0.15, -0.1) is 0 Å². The van der Waals surface area contributed by atoms with E-state index in [9.17, 15) is 9.90 Å². The molecule has 0 aromatic heterocycles. The maximum absolute atomic E-state index is 11.6. The Bertz CT molecular complexity index is 597. The summed E-state index contributed by atoms with van der Waals surface area (Å²) in [5, 5.41) is 9.96. The van der Waals surface area contributed by atoms with E-state index in [1.54, 1.807) is 0 Å². The Labute approximate surface area is 132 Å². The molecule has 22 heavy (non-hydrogen) atoms. The van der Waals surface area contributed by atoms with Crippen molar-refractivity contribution in [1.82, 2.24) is 0 Å². The molecule has 0 bridgehead atoms. The second kappa shape index (κ2) is 8.27. The highest BCUT2D eigenvalue weighted by Crippen LogP contribution is 2.28. The summed E-state index contributed by atoms with van der Waals surface area (Å²) in [4.78, 5) is 11.6. The molecule has 1 aromatic carbocycles. The molecule has 4 nitrogen and oxygen atoms in total. The highest BCUT2D eigenvalue weighted by molar-refractivity contribution is 5.96. The van der Waals surface area contributed by atoms with E-state index in [-0.39, 0.29) is 17.0 Å². The molecule has 4 heteroatoms. The Kier molecular flexibility index (Phi) is 6.70. The number of nitrogen functional groups attached to an aromatic ring is 1. The molecule has 120 valence electrons. The Hall–Kier alpha value is -2.23. The van der Waals surface area contributed by atoms with Gasteiger partial charge in [-0.2, -0.15) is 0 Å². The van der Waals surface area contributed by atoms with Gasteiger partial charge in [0.05, 0.1) is 18.4 Å². The average Bonchev–Trinajstić information content (AvgIpc) is 2.46. The predicted octanol–water partition coefficient (Wildman–Crippen LogP) is 4.00. The van der Waals surface area contributed by atoms with Gasteiger partial charge in [0.15, 0.2) is 0 Å². The molecule has 0 heterocycles. The lowest BCUT2D eigenvalue weighted by Gasteiger charge is -2.11. The van der Waals surface area contributed by atoms with E-state index >= 15 is 0 Å². The fourth-order valence-corrected chi connectivity index (χ4v) is 2.12. The molecule has 0 aliphatic heterocycles. The standard InChI is InChI=1S/C18H25NO3/c1-12(2)6-5-7-13(3)8-9-14-16(20)11-10-15(17(14)19)18(21)22-4/h6,8,10-11,20H,5,7,9,19H2,1-4H3/b13-8+. The minimum Gasteiger partial charge on any atom is -0.508 e. The number of benzene rings is 1. The Morgan fingerprint density at radius 3 is 2.55 bits per heavy atom. The first-order valence-electron chi connectivity index (χ1n) is 7.34. The molecule has 1 rings (SSSR count). The van der Waals surface area contributed by atoms with Crippen LogP contribution in [0.1, 0.15) is 49.5 Å². The number of rotatable bonds is 6. The molecule has 0 atom stereocenters. The van der Waals surface area contributed by atoms with Gasteiger partial charge in [0.2, 0.25) is 0 Å². The van der Waals surface area contributed by atoms with Crippen molar-refractivity contribution in [2.75, 3.05) is 12.8 Å². The summed E-state index contributed by atoms with van der Waals surface area (Å²) in [5.41, 5.74) is 9.64. The van der Waals surface area contributed by atoms with Crippen LogP contribution < -0.4 is 5.73 Å². The van der Waals surface area contributed by atoms with Crippen molar-refractivity contribution >= 4 is 11.7 Å². The molecular formula is C18H25NO3. The van der Waals surface area contributed by atoms with E-state index in [1.165, 1.54) is 30.4 Å². The Morgan fingerprint density at radius 2 is 1.95 bits per heavy atom. The summed E-state index contributed by atoms with van der Waals surface area (Å²) in [5.74, 6) is -0.401. The molecule has 0 saturated carbocycles. The highest BCUT2D eigenvalue weighted by atomic mass is 16.5. The lowest BCUT2D eigenvalue weighted by atomic mass is 10.0. The lowest BCUT2D eigenvalue weighted by Crippen LogP contribution is -2.08.